The number of hydrogen-bond acceptors (Lipinski definition) is 5. The molecule has 3 rings (SSSR count). The summed E-state index contributed by atoms with van der Waals surface area (Å²) in [7, 11) is 3.11. The molecule has 148 valence electrons. The molecule has 0 saturated heterocycles. The molecular weight excluding hydrogens is 358 g/mol. The molecule has 2 aromatic rings. The Labute approximate surface area is 164 Å². The van der Waals surface area contributed by atoms with E-state index in [9.17, 15) is 9.59 Å². The number of methoxy groups -OCH3 is 2. The molecule has 0 radical (unpaired) electrons. The highest BCUT2D eigenvalue weighted by atomic mass is 16.5. The van der Waals surface area contributed by atoms with E-state index in [4.69, 9.17) is 9.47 Å². The van der Waals surface area contributed by atoms with Crippen LogP contribution in [0.2, 0.25) is 0 Å². The summed E-state index contributed by atoms with van der Waals surface area (Å²) in [4.78, 5) is 26.0. The van der Waals surface area contributed by atoms with Crippen molar-refractivity contribution in [1.82, 2.24) is 0 Å². The summed E-state index contributed by atoms with van der Waals surface area (Å²) in [6.07, 6.45) is 0.816. The predicted molar refractivity (Wildman–Crippen MR) is 109 cm³/mol. The Morgan fingerprint density at radius 2 is 1.75 bits per heavy atom. The normalized spacial score (nSPS) is 13.5. The van der Waals surface area contributed by atoms with Crippen LogP contribution in [0.25, 0.3) is 0 Å². The largest absolute Gasteiger partial charge is 0.493 e. The molecule has 7 nitrogen and oxygen atoms in total. The van der Waals surface area contributed by atoms with Gasteiger partial charge in [0.25, 0.3) is 0 Å². The lowest BCUT2D eigenvalue weighted by molar-refractivity contribution is -0.117. The first kappa shape index (κ1) is 19.5. The van der Waals surface area contributed by atoms with Crippen LogP contribution in [-0.2, 0) is 16.0 Å². The Hall–Kier alpha value is -3.22. The van der Waals surface area contributed by atoms with E-state index in [-0.39, 0.29) is 11.8 Å². The summed E-state index contributed by atoms with van der Waals surface area (Å²) in [6, 6.07) is 10.6. The third kappa shape index (κ3) is 4.03. The maximum absolute atomic E-state index is 12.5. The van der Waals surface area contributed by atoms with E-state index in [1.54, 1.807) is 51.2 Å². The summed E-state index contributed by atoms with van der Waals surface area (Å²) in [5.74, 6) is 1.03. The molecule has 0 fully saturated rings. The first-order valence-corrected chi connectivity index (χ1v) is 9.13. The van der Waals surface area contributed by atoms with Crippen LogP contribution in [0.4, 0.5) is 17.1 Å². The van der Waals surface area contributed by atoms with Gasteiger partial charge >= 0.3 is 0 Å². The third-order valence-corrected chi connectivity index (χ3v) is 4.78. The molecule has 0 spiro atoms. The number of fused-ring (bicyclic) bond motifs is 1. The average molecular weight is 383 g/mol. The van der Waals surface area contributed by atoms with Crippen molar-refractivity contribution < 1.29 is 19.1 Å². The molecule has 7 heteroatoms. The van der Waals surface area contributed by atoms with E-state index in [1.807, 2.05) is 18.2 Å². The van der Waals surface area contributed by atoms with Gasteiger partial charge in [-0.25, -0.2) is 0 Å². The van der Waals surface area contributed by atoms with Gasteiger partial charge in [0.15, 0.2) is 11.5 Å². The second-order valence-corrected chi connectivity index (χ2v) is 6.69. The molecule has 1 atom stereocenters. The number of ether oxygens (including phenoxy) is 2. The molecule has 1 aliphatic heterocycles. The van der Waals surface area contributed by atoms with Crippen LogP contribution < -0.4 is 25.0 Å². The van der Waals surface area contributed by atoms with Crippen molar-refractivity contribution in [3.05, 3.63) is 42.0 Å². The van der Waals surface area contributed by atoms with Crippen LogP contribution in [0.15, 0.2) is 36.4 Å². The maximum Gasteiger partial charge on any atom is 0.246 e. The van der Waals surface area contributed by atoms with Crippen molar-refractivity contribution in [2.24, 2.45) is 0 Å². The molecule has 0 bridgehead atoms. The van der Waals surface area contributed by atoms with Gasteiger partial charge in [0, 0.05) is 36.6 Å². The average Bonchev–Trinajstić information content (AvgIpc) is 3.11. The minimum Gasteiger partial charge on any atom is -0.493 e. The second kappa shape index (κ2) is 8.21. The fourth-order valence-electron chi connectivity index (χ4n) is 3.30. The van der Waals surface area contributed by atoms with Gasteiger partial charge in [-0.2, -0.15) is 0 Å². The Morgan fingerprint density at radius 1 is 1.04 bits per heavy atom. The maximum atomic E-state index is 12.5. The molecule has 2 aromatic carbocycles. The van der Waals surface area contributed by atoms with Gasteiger partial charge in [0.05, 0.1) is 14.2 Å². The summed E-state index contributed by atoms with van der Waals surface area (Å²) >= 11 is 0. The number of benzene rings is 2. The van der Waals surface area contributed by atoms with Crippen molar-refractivity contribution in [3.63, 3.8) is 0 Å². The number of nitrogens with zero attached hydrogens (tertiary/aromatic N) is 1. The van der Waals surface area contributed by atoms with Crippen LogP contribution in [0.3, 0.4) is 0 Å². The molecule has 2 amide bonds. The standard InChI is InChI=1S/C21H25N3O4/c1-13(21(26)23-17-6-8-19(27-3)20(12-17)28-4)22-16-5-7-18-15(11-16)9-10-24(18)14(2)25/h5-8,11-13,22H,9-10H2,1-4H3,(H,23,26)/t13-/m0/s1. The monoisotopic (exact) mass is 383 g/mol. The van der Waals surface area contributed by atoms with Crippen LogP contribution >= 0.6 is 0 Å². The lowest BCUT2D eigenvalue weighted by atomic mass is 10.1. The van der Waals surface area contributed by atoms with Crippen LogP contribution in [-0.4, -0.2) is 38.6 Å². The fourth-order valence-corrected chi connectivity index (χ4v) is 3.30. The van der Waals surface area contributed by atoms with Crippen molar-refractivity contribution in [2.45, 2.75) is 26.3 Å². The van der Waals surface area contributed by atoms with E-state index >= 15 is 0 Å². The zero-order chi connectivity index (χ0) is 20.3. The third-order valence-electron chi connectivity index (χ3n) is 4.78. The van der Waals surface area contributed by atoms with Gasteiger partial charge in [-0.05, 0) is 49.2 Å². The SMILES string of the molecule is COc1ccc(NC(=O)[C@H](C)Nc2ccc3c(c2)CCN3C(C)=O)cc1OC. The molecule has 0 aliphatic carbocycles. The smallest absolute Gasteiger partial charge is 0.246 e. The van der Waals surface area contributed by atoms with E-state index < -0.39 is 6.04 Å². The number of anilines is 3. The highest BCUT2D eigenvalue weighted by molar-refractivity contribution is 5.97. The first-order valence-electron chi connectivity index (χ1n) is 9.13. The van der Waals surface area contributed by atoms with Crippen LogP contribution in [0, 0.1) is 0 Å². The van der Waals surface area contributed by atoms with Crippen molar-refractivity contribution in [2.75, 3.05) is 36.3 Å². The number of hydrogen-bond donors (Lipinski definition) is 2. The fraction of sp³-hybridized carbons (Fsp3) is 0.333. The Bertz CT molecular complexity index is 897. The first-order chi connectivity index (χ1) is 13.4. The van der Waals surface area contributed by atoms with Crippen LogP contribution in [0.1, 0.15) is 19.4 Å². The number of carbonyl (C=O) groups is 2. The molecule has 0 aromatic heterocycles. The lowest BCUT2D eigenvalue weighted by Gasteiger charge is -2.18. The number of carbonyl (C=O) groups excluding carboxylic acids is 2. The Kier molecular flexibility index (Phi) is 5.73. The van der Waals surface area contributed by atoms with Gasteiger partial charge in [-0.15, -0.1) is 0 Å². The van der Waals surface area contributed by atoms with Crippen LogP contribution in [0.5, 0.6) is 11.5 Å². The number of nitrogens with one attached hydrogen (secondary N) is 2. The van der Waals surface area contributed by atoms with Gasteiger partial charge in [0.2, 0.25) is 11.8 Å². The van der Waals surface area contributed by atoms with Gasteiger partial charge in [-0.1, -0.05) is 0 Å². The van der Waals surface area contributed by atoms with Gasteiger partial charge < -0.3 is 25.0 Å². The predicted octanol–water partition coefficient (Wildman–Crippen LogP) is 3.05. The van der Waals surface area contributed by atoms with Crippen molar-refractivity contribution in [1.29, 1.82) is 0 Å². The quantitative estimate of drug-likeness (QED) is 0.801. The molecule has 28 heavy (non-hydrogen) atoms. The summed E-state index contributed by atoms with van der Waals surface area (Å²) in [5, 5.41) is 6.09. The summed E-state index contributed by atoms with van der Waals surface area (Å²) < 4.78 is 10.5. The van der Waals surface area contributed by atoms with Gasteiger partial charge in [0.1, 0.15) is 6.04 Å². The molecule has 1 heterocycles. The molecule has 0 saturated carbocycles. The zero-order valence-corrected chi connectivity index (χ0v) is 16.5. The van der Waals surface area contributed by atoms with Crippen molar-refractivity contribution >= 4 is 28.9 Å². The molecule has 2 N–H and O–H groups in total. The van der Waals surface area contributed by atoms with E-state index in [1.165, 1.54) is 0 Å². The number of rotatable bonds is 6. The highest BCUT2D eigenvalue weighted by Gasteiger charge is 2.23. The van der Waals surface area contributed by atoms with Gasteiger partial charge in [-0.3, -0.25) is 9.59 Å². The van der Waals surface area contributed by atoms with E-state index in [0.717, 1.165) is 23.4 Å². The Balaban J connectivity index is 1.66. The molecule has 1 aliphatic rings. The lowest BCUT2D eigenvalue weighted by Crippen LogP contribution is -2.31. The Morgan fingerprint density at radius 3 is 2.43 bits per heavy atom. The minimum atomic E-state index is -0.448. The minimum absolute atomic E-state index is 0.0436. The van der Waals surface area contributed by atoms with E-state index in [2.05, 4.69) is 10.6 Å². The highest BCUT2D eigenvalue weighted by Crippen LogP contribution is 2.31. The number of amides is 2. The zero-order valence-electron chi connectivity index (χ0n) is 16.5. The molecule has 0 unspecified atom stereocenters. The molecular formula is C21H25N3O4. The second-order valence-electron chi connectivity index (χ2n) is 6.69. The van der Waals surface area contributed by atoms with Crippen molar-refractivity contribution in [3.8, 4) is 11.5 Å². The summed E-state index contributed by atoms with van der Waals surface area (Å²) in [5.41, 5.74) is 3.52. The summed E-state index contributed by atoms with van der Waals surface area (Å²) in [6.45, 7) is 4.07. The van der Waals surface area contributed by atoms with E-state index in [0.29, 0.717) is 23.7 Å². The topological polar surface area (TPSA) is 79.9 Å².